The van der Waals surface area contributed by atoms with Crippen molar-refractivity contribution in [2.24, 2.45) is 0 Å². The van der Waals surface area contributed by atoms with E-state index in [1.165, 1.54) is 0 Å². The van der Waals surface area contributed by atoms with Gasteiger partial charge in [0.2, 0.25) is 5.95 Å². The van der Waals surface area contributed by atoms with Crippen LogP contribution in [-0.4, -0.2) is 32.3 Å². The number of nitrogens with one attached hydrogen (secondary N) is 2. The molecule has 0 bridgehead atoms. The molecule has 0 radical (unpaired) electrons. The van der Waals surface area contributed by atoms with Gasteiger partial charge in [-0.25, -0.2) is 5.10 Å². The van der Waals surface area contributed by atoms with Gasteiger partial charge in [-0.15, -0.1) is 5.10 Å². The maximum atomic E-state index is 12.0. The number of anilines is 1. The third kappa shape index (κ3) is 2.50. The number of H-pyrrole nitrogens is 1. The number of nitrogens with zero attached hydrogens (tertiary/aromatic N) is 3. The number of carbonyl (C=O) groups is 1. The van der Waals surface area contributed by atoms with E-state index < -0.39 is 0 Å². The highest BCUT2D eigenvalue weighted by Gasteiger charge is 2.12. The van der Waals surface area contributed by atoms with Crippen molar-refractivity contribution in [3.63, 3.8) is 0 Å². The Morgan fingerprint density at radius 3 is 3.11 bits per heavy atom. The topological polar surface area (TPSA) is 84.8 Å². The molecule has 7 heteroatoms. The normalized spacial score (nSPS) is 10.3. The molecule has 0 unspecified atom stereocenters. The van der Waals surface area contributed by atoms with Gasteiger partial charge in [0.1, 0.15) is 5.69 Å². The van der Waals surface area contributed by atoms with E-state index >= 15 is 0 Å². The highest BCUT2D eigenvalue weighted by atomic mass is 16.5. The second kappa shape index (κ2) is 5.35. The van der Waals surface area contributed by atoms with Gasteiger partial charge in [0.05, 0.1) is 6.61 Å². The summed E-state index contributed by atoms with van der Waals surface area (Å²) in [6, 6.07) is 3.79. The number of hydrogen-bond donors (Lipinski definition) is 2. The van der Waals surface area contributed by atoms with Crippen LogP contribution in [0.4, 0.5) is 5.95 Å². The number of amides is 1. The highest BCUT2D eigenvalue weighted by Crippen LogP contribution is 2.08. The second-order valence-corrected chi connectivity index (χ2v) is 3.53. The van der Waals surface area contributed by atoms with Crippen molar-refractivity contribution in [2.75, 3.05) is 11.9 Å². The fourth-order valence-corrected chi connectivity index (χ4v) is 1.56. The van der Waals surface area contributed by atoms with E-state index in [9.17, 15) is 4.79 Å². The first-order valence-corrected chi connectivity index (χ1v) is 5.76. The third-order valence-electron chi connectivity index (χ3n) is 2.37. The van der Waals surface area contributed by atoms with Crippen molar-refractivity contribution in [1.82, 2.24) is 19.7 Å². The largest absolute Gasteiger partial charge is 0.463 e. The summed E-state index contributed by atoms with van der Waals surface area (Å²) in [5, 5.41) is 9.03. The van der Waals surface area contributed by atoms with Crippen LogP contribution in [0, 0.1) is 0 Å². The molecule has 0 aromatic carbocycles. The molecule has 2 rings (SSSR count). The predicted octanol–water partition coefficient (Wildman–Crippen LogP) is 1.28. The van der Waals surface area contributed by atoms with Crippen molar-refractivity contribution >= 4 is 11.9 Å². The number of aryl methyl sites for hydroxylation is 1. The predicted molar refractivity (Wildman–Crippen MR) is 65.6 cm³/mol. The molecule has 0 saturated heterocycles. The van der Waals surface area contributed by atoms with Crippen molar-refractivity contribution in [1.29, 1.82) is 0 Å². The van der Waals surface area contributed by atoms with E-state index in [0.717, 1.165) is 6.54 Å². The number of ether oxygens (including phenoxy) is 1. The molecule has 7 nitrogen and oxygen atoms in total. The van der Waals surface area contributed by atoms with Gasteiger partial charge in [0.15, 0.2) is 0 Å². The summed E-state index contributed by atoms with van der Waals surface area (Å²) in [4.78, 5) is 15.9. The number of hydrogen-bond acceptors (Lipinski definition) is 4. The lowest BCUT2D eigenvalue weighted by atomic mass is 10.4. The minimum absolute atomic E-state index is 0.221. The van der Waals surface area contributed by atoms with E-state index in [-0.39, 0.29) is 17.9 Å². The SMILES string of the molecule is CCOc1n[nH]c(NC(=O)c2cccn2CC)n1. The molecule has 0 aliphatic heterocycles. The zero-order valence-electron chi connectivity index (χ0n) is 10.3. The van der Waals surface area contributed by atoms with E-state index in [1.54, 1.807) is 6.07 Å². The molecule has 0 saturated carbocycles. The van der Waals surface area contributed by atoms with Crippen LogP contribution in [0.3, 0.4) is 0 Å². The van der Waals surface area contributed by atoms with E-state index in [0.29, 0.717) is 12.3 Å². The Bertz CT molecular complexity index is 531. The molecule has 96 valence electrons. The Hall–Kier alpha value is -2.31. The van der Waals surface area contributed by atoms with Gasteiger partial charge in [0.25, 0.3) is 5.91 Å². The second-order valence-electron chi connectivity index (χ2n) is 3.53. The third-order valence-corrected chi connectivity index (χ3v) is 2.37. The fraction of sp³-hybridized carbons (Fsp3) is 0.364. The standard InChI is InChI=1S/C11H15N5O2/c1-3-16-7-5-6-8(16)9(17)12-10-13-11(15-14-10)18-4-2/h5-7H,3-4H2,1-2H3,(H2,12,13,14,15,17). The summed E-state index contributed by atoms with van der Waals surface area (Å²) in [5.74, 6) is 0.0355. The Labute approximate surface area is 104 Å². The van der Waals surface area contributed by atoms with Crippen LogP contribution in [0.25, 0.3) is 0 Å². The molecular weight excluding hydrogens is 234 g/mol. The average molecular weight is 249 g/mol. The molecule has 0 atom stereocenters. The summed E-state index contributed by atoms with van der Waals surface area (Å²) in [6.45, 7) is 5.02. The van der Waals surface area contributed by atoms with E-state index in [2.05, 4.69) is 20.5 Å². The lowest BCUT2D eigenvalue weighted by molar-refractivity contribution is 0.101. The van der Waals surface area contributed by atoms with E-state index in [4.69, 9.17) is 4.74 Å². The molecule has 0 fully saturated rings. The Morgan fingerprint density at radius 2 is 2.39 bits per heavy atom. The lowest BCUT2D eigenvalue weighted by Crippen LogP contribution is -2.17. The molecular formula is C11H15N5O2. The van der Waals surface area contributed by atoms with Crippen LogP contribution in [-0.2, 0) is 6.54 Å². The number of aromatic amines is 1. The Balaban J connectivity index is 2.06. The van der Waals surface area contributed by atoms with Gasteiger partial charge in [0, 0.05) is 12.7 Å². The summed E-state index contributed by atoms with van der Waals surface area (Å²) in [7, 11) is 0. The molecule has 2 aromatic heterocycles. The first-order chi connectivity index (χ1) is 8.74. The molecule has 18 heavy (non-hydrogen) atoms. The summed E-state index contributed by atoms with van der Waals surface area (Å²) < 4.78 is 6.94. The van der Waals surface area contributed by atoms with Crippen molar-refractivity contribution in [3.8, 4) is 6.01 Å². The van der Waals surface area contributed by atoms with Gasteiger partial charge in [-0.05, 0) is 26.0 Å². The maximum Gasteiger partial charge on any atom is 0.337 e. The lowest BCUT2D eigenvalue weighted by Gasteiger charge is -2.04. The number of carbonyl (C=O) groups excluding carboxylic acids is 1. The smallest absolute Gasteiger partial charge is 0.337 e. The van der Waals surface area contributed by atoms with Crippen LogP contribution in [0.1, 0.15) is 24.3 Å². The Kier molecular flexibility index (Phi) is 3.61. The molecule has 2 heterocycles. The van der Waals surface area contributed by atoms with E-state index in [1.807, 2.05) is 30.7 Å². The zero-order chi connectivity index (χ0) is 13.0. The van der Waals surface area contributed by atoms with Crippen LogP contribution >= 0.6 is 0 Å². The van der Waals surface area contributed by atoms with Gasteiger partial charge in [-0.1, -0.05) is 0 Å². The molecule has 0 aliphatic carbocycles. The molecule has 2 aromatic rings. The van der Waals surface area contributed by atoms with Gasteiger partial charge in [-0.3, -0.25) is 10.1 Å². The number of rotatable bonds is 5. The van der Waals surface area contributed by atoms with Crippen molar-refractivity contribution in [3.05, 3.63) is 24.0 Å². The first-order valence-electron chi connectivity index (χ1n) is 5.76. The quantitative estimate of drug-likeness (QED) is 0.835. The van der Waals surface area contributed by atoms with Gasteiger partial charge >= 0.3 is 6.01 Å². The summed E-state index contributed by atoms with van der Waals surface area (Å²) in [5.41, 5.74) is 0.576. The van der Waals surface area contributed by atoms with Crippen LogP contribution < -0.4 is 10.1 Å². The molecule has 1 amide bonds. The summed E-state index contributed by atoms with van der Waals surface area (Å²) in [6.07, 6.45) is 1.85. The average Bonchev–Trinajstić information content (AvgIpc) is 2.98. The van der Waals surface area contributed by atoms with Crippen molar-refractivity contribution < 1.29 is 9.53 Å². The molecule has 0 aliphatic rings. The van der Waals surface area contributed by atoms with Crippen LogP contribution in [0.5, 0.6) is 6.01 Å². The van der Waals surface area contributed by atoms with Gasteiger partial charge in [-0.2, -0.15) is 4.98 Å². The molecule has 2 N–H and O–H groups in total. The zero-order valence-corrected chi connectivity index (χ0v) is 10.3. The fourth-order valence-electron chi connectivity index (χ4n) is 1.56. The number of aromatic nitrogens is 4. The minimum Gasteiger partial charge on any atom is -0.463 e. The summed E-state index contributed by atoms with van der Waals surface area (Å²) >= 11 is 0. The first kappa shape index (κ1) is 12.2. The van der Waals surface area contributed by atoms with Crippen molar-refractivity contribution in [2.45, 2.75) is 20.4 Å². The molecule has 0 spiro atoms. The maximum absolute atomic E-state index is 12.0. The highest BCUT2D eigenvalue weighted by molar-refractivity contribution is 6.02. The minimum atomic E-state index is -0.235. The van der Waals surface area contributed by atoms with Crippen LogP contribution in [0.15, 0.2) is 18.3 Å². The van der Waals surface area contributed by atoms with Gasteiger partial charge < -0.3 is 9.30 Å². The van der Waals surface area contributed by atoms with Crippen LogP contribution in [0.2, 0.25) is 0 Å². The monoisotopic (exact) mass is 249 g/mol. The Morgan fingerprint density at radius 1 is 1.56 bits per heavy atom.